The number of pyridine rings is 2. The number of aromatic nitrogens is 3. The van der Waals surface area contributed by atoms with Gasteiger partial charge in [-0.3, -0.25) is 4.90 Å². The van der Waals surface area contributed by atoms with Gasteiger partial charge >= 0.3 is 0 Å². The molecule has 2 fully saturated rings. The van der Waals surface area contributed by atoms with Crippen LogP contribution in [-0.4, -0.2) is 96.1 Å². The van der Waals surface area contributed by atoms with Crippen LogP contribution in [-0.2, 0) is 6.54 Å². The molecule has 2 aliphatic heterocycles. The average Bonchev–Trinajstić information content (AvgIpc) is 3.19. The summed E-state index contributed by atoms with van der Waals surface area (Å²) in [4.78, 5) is 22.4. The van der Waals surface area contributed by atoms with Crippen molar-refractivity contribution in [3.8, 4) is 11.1 Å². The van der Waals surface area contributed by atoms with Crippen LogP contribution in [0.25, 0.3) is 22.2 Å². The van der Waals surface area contributed by atoms with Gasteiger partial charge in [-0.25, -0.2) is 9.97 Å². The van der Waals surface area contributed by atoms with Crippen molar-refractivity contribution in [1.29, 1.82) is 0 Å². The lowest BCUT2D eigenvalue weighted by Gasteiger charge is -2.33. The molecular formula is C23H31N7. The number of hydrogen-bond donors (Lipinski definition) is 1. The number of rotatable bonds is 4. The van der Waals surface area contributed by atoms with Crippen LogP contribution in [0.3, 0.4) is 0 Å². The predicted octanol–water partition coefficient (Wildman–Crippen LogP) is 2.12. The van der Waals surface area contributed by atoms with E-state index in [-0.39, 0.29) is 0 Å². The molecule has 0 aliphatic carbocycles. The first-order chi connectivity index (χ1) is 14.7. The van der Waals surface area contributed by atoms with Gasteiger partial charge in [-0.2, -0.15) is 0 Å². The number of nitrogens with zero attached hydrogens (tertiary/aromatic N) is 6. The van der Waals surface area contributed by atoms with E-state index >= 15 is 0 Å². The summed E-state index contributed by atoms with van der Waals surface area (Å²) in [5.74, 6) is 1.07. The Morgan fingerprint density at radius 1 is 0.900 bits per heavy atom. The Balaban J connectivity index is 1.40. The van der Waals surface area contributed by atoms with E-state index in [9.17, 15) is 0 Å². The van der Waals surface area contributed by atoms with E-state index in [1.54, 1.807) is 0 Å². The Kier molecular flexibility index (Phi) is 5.41. The van der Waals surface area contributed by atoms with Crippen molar-refractivity contribution in [2.24, 2.45) is 0 Å². The molecular weight excluding hydrogens is 374 g/mol. The van der Waals surface area contributed by atoms with Crippen molar-refractivity contribution in [1.82, 2.24) is 29.7 Å². The molecule has 5 heterocycles. The maximum atomic E-state index is 4.70. The predicted molar refractivity (Wildman–Crippen MR) is 122 cm³/mol. The van der Waals surface area contributed by atoms with Crippen LogP contribution in [0.5, 0.6) is 0 Å². The van der Waals surface area contributed by atoms with E-state index in [0.29, 0.717) is 0 Å². The number of hydrogen-bond acceptors (Lipinski definition) is 6. The van der Waals surface area contributed by atoms with Gasteiger partial charge in [0.1, 0.15) is 11.5 Å². The number of nitrogens with one attached hydrogen (secondary N) is 1. The maximum absolute atomic E-state index is 4.70. The van der Waals surface area contributed by atoms with E-state index in [4.69, 9.17) is 4.98 Å². The summed E-state index contributed by atoms with van der Waals surface area (Å²) >= 11 is 0. The third-order valence-electron chi connectivity index (χ3n) is 6.47. The summed E-state index contributed by atoms with van der Waals surface area (Å²) < 4.78 is 0. The molecule has 0 amide bonds. The third kappa shape index (κ3) is 4.05. The molecule has 0 bridgehead atoms. The largest absolute Gasteiger partial charge is 0.354 e. The summed E-state index contributed by atoms with van der Waals surface area (Å²) in [6.45, 7) is 9.69. The highest BCUT2D eigenvalue weighted by molar-refractivity contribution is 5.94. The van der Waals surface area contributed by atoms with Gasteiger partial charge in [-0.1, -0.05) is 0 Å². The fraction of sp³-hybridized carbons (Fsp3) is 0.478. The molecule has 30 heavy (non-hydrogen) atoms. The molecule has 2 aliphatic rings. The monoisotopic (exact) mass is 405 g/mol. The van der Waals surface area contributed by atoms with Gasteiger partial charge in [0.05, 0.1) is 0 Å². The highest BCUT2D eigenvalue weighted by Gasteiger charge is 2.18. The second-order valence-electron chi connectivity index (χ2n) is 8.71. The van der Waals surface area contributed by atoms with Gasteiger partial charge in [-0.15, -0.1) is 0 Å². The van der Waals surface area contributed by atoms with E-state index in [1.807, 2.05) is 12.4 Å². The molecule has 1 N–H and O–H groups in total. The summed E-state index contributed by atoms with van der Waals surface area (Å²) in [5.41, 5.74) is 4.63. The van der Waals surface area contributed by atoms with Crippen LogP contribution in [0.1, 0.15) is 5.56 Å². The summed E-state index contributed by atoms with van der Waals surface area (Å²) in [6.07, 6.45) is 6.03. The molecule has 3 aromatic rings. The van der Waals surface area contributed by atoms with Crippen LogP contribution < -0.4 is 4.90 Å². The Labute approximate surface area is 178 Å². The Morgan fingerprint density at radius 3 is 2.40 bits per heavy atom. The van der Waals surface area contributed by atoms with Crippen LogP contribution in [0.4, 0.5) is 5.82 Å². The minimum Gasteiger partial charge on any atom is -0.354 e. The normalized spacial score (nSPS) is 19.6. The fourth-order valence-electron chi connectivity index (χ4n) is 4.43. The zero-order chi connectivity index (χ0) is 20.5. The fourth-order valence-corrected chi connectivity index (χ4v) is 4.43. The number of fused-ring (bicyclic) bond motifs is 1. The molecule has 0 saturated carbocycles. The zero-order valence-corrected chi connectivity index (χ0v) is 18.0. The van der Waals surface area contributed by atoms with Gasteiger partial charge < -0.3 is 19.7 Å². The van der Waals surface area contributed by atoms with E-state index in [2.05, 4.69) is 68.1 Å². The van der Waals surface area contributed by atoms with Gasteiger partial charge in [0.15, 0.2) is 0 Å². The van der Waals surface area contributed by atoms with Crippen molar-refractivity contribution < 1.29 is 0 Å². The molecule has 0 radical (unpaired) electrons. The Morgan fingerprint density at radius 2 is 1.63 bits per heavy atom. The van der Waals surface area contributed by atoms with Gasteiger partial charge in [0, 0.05) is 88.4 Å². The van der Waals surface area contributed by atoms with Crippen molar-refractivity contribution in [3.05, 3.63) is 42.4 Å². The summed E-state index contributed by atoms with van der Waals surface area (Å²) in [5, 5.41) is 1.19. The molecule has 2 saturated heterocycles. The van der Waals surface area contributed by atoms with Gasteiger partial charge in [0.2, 0.25) is 0 Å². The molecule has 5 rings (SSSR count). The molecule has 0 aromatic carbocycles. The average molecular weight is 406 g/mol. The van der Waals surface area contributed by atoms with Gasteiger partial charge in [0.25, 0.3) is 0 Å². The van der Waals surface area contributed by atoms with Crippen LogP contribution in [0.15, 0.2) is 36.8 Å². The summed E-state index contributed by atoms with van der Waals surface area (Å²) in [6, 6.07) is 6.64. The van der Waals surface area contributed by atoms with Crippen molar-refractivity contribution >= 4 is 16.9 Å². The number of aromatic amines is 1. The maximum Gasteiger partial charge on any atom is 0.137 e. The second kappa shape index (κ2) is 8.34. The second-order valence-corrected chi connectivity index (χ2v) is 8.71. The first-order valence-corrected chi connectivity index (χ1v) is 10.9. The van der Waals surface area contributed by atoms with Crippen LogP contribution >= 0.6 is 0 Å². The van der Waals surface area contributed by atoms with E-state index in [0.717, 1.165) is 70.4 Å². The number of anilines is 1. The standard InChI is InChI=1S/C23H31N7/c1-27-5-9-29(10-6-27)17-18-13-20-21(16-26-23(20)25-15-18)19-3-4-24-22(14-19)30-11-7-28(2)8-12-30/h3-4,13-16H,5-12,17H2,1-2H3,(H,25,26). The quantitative estimate of drug-likeness (QED) is 0.718. The van der Waals surface area contributed by atoms with Crippen LogP contribution in [0.2, 0.25) is 0 Å². The number of likely N-dealkylation sites (N-methyl/N-ethyl adjacent to an activating group) is 2. The molecule has 158 valence electrons. The molecule has 7 heteroatoms. The van der Waals surface area contributed by atoms with Crippen LogP contribution in [0, 0.1) is 0 Å². The SMILES string of the molecule is CN1CCN(Cc2cnc3[nH]cc(-c4ccnc(N5CCN(C)CC5)c4)c3c2)CC1. The minimum atomic E-state index is 0.949. The topological polar surface area (TPSA) is 54.5 Å². The number of piperazine rings is 2. The first-order valence-electron chi connectivity index (χ1n) is 10.9. The molecule has 7 nitrogen and oxygen atoms in total. The highest BCUT2D eigenvalue weighted by atomic mass is 15.3. The number of H-pyrrole nitrogens is 1. The third-order valence-corrected chi connectivity index (χ3v) is 6.47. The van der Waals surface area contributed by atoms with Crippen molar-refractivity contribution in [3.63, 3.8) is 0 Å². The Hall–Kier alpha value is -2.48. The van der Waals surface area contributed by atoms with E-state index in [1.165, 1.54) is 22.1 Å². The molecule has 0 atom stereocenters. The van der Waals surface area contributed by atoms with Crippen molar-refractivity contribution in [2.45, 2.75) is 6.54 Å². The zero-order valence-electron chi connectivity index (χ0n) is 18.0. The summed E-state index contributed by atoms with van der Waals surface area (Å²) in [7, 11) is 4.38. The van der Waals surface area contributed by atoms with E-state index < -0.39 is 0 Å². The first kappa shape index (κ1) is 19.5. The molecule has 0 spiro atoms. The lowest BCUT2D eigenvalue weighted by molar-refractivity contribution is 0.148. The van der Waals surface area contributed by atoms with Gasteiger partial charge in [-0.05, 0) is 43.4 Å². The highest BCUT2D eigenvalue weighted by Crippen LogP contribution is 2.30. The molecule has 3 aromatic heterocycles. The Bertz CT molecular complexity index is 998. The van der Waals surface area contributed by atoms with Crippen molar-refractivity contribution in [2.75, 3.05) is 71.4 Å². The smallest absolute Gasteiger partial charge is 0.137 e. The molecule has 0 unspecified atom stereocenters. The lowest BCUT2D eigenvalue weighted by Crippen LogP contribution is -2.44. The minimum absolute atomic E-state index is 0.949. The lowest BCUT2D eigenvalue weighted by atomic mass is 10.1.